The quantitative estimate of drug-likeness (QED) is 0.785. The lowest BCUT2D eigenvalue weighted by molar-refractivity contribution is -0.0110. The second kappa shape index (κ2) is 7.88. The van der Waals surface area contributed by atoms with Crippen molar-refractivity contribution in [3.05, 3.63) is 0 Å². The Morgan fingerprint density at radius 3 is 2.43 bits per heavy atom. The first-order chi connectivity index (χ1) is 10.4. The molecular formula is C16H32N4O. The second-order valence-corrected chi connectivity index (χ2v) is 6.70. The molecule has 0 radical (unpaired) electrons. The van der Waals surface area contributed by atoms with Crippen LogP contribution in [0.25, 0.3) is 0 Å². The van der Waals surface area contributed by atoms with Crippen LogP contribution in [-0.4, -0.2) is 99.4 Å². The van der Waals surface area contributed by atoms with Gasteiger partial charge < -0.3 is 19.9 Å². The molecule has 0 saturated carbocycles. The Hall–Kier alpha value is -0.200. The number of piperidine rings is 1. The Labute approximate surface area is 129 Å². The summed E-state index contributed by atoms with van der Waals surface area (Å²) in [4.78, 5) is 7.94. The molecule has 0 spiro atoms. The average Bonchev–Trinajstić information content (AvgIpc) is 2.57. The van der Waals surface area contributed by atoms with Crippen molar-refractivity contribution in [3.8, 4) is 0 Å². The van der Waals surface area contributed by atoms with E-state index in [0.29, 0.717) is 6.04 Å². The highest BCUT2D eigenvalue weighted by Crippen LogP contribution is 2.21. The summed E-state index contributed by atoms with van der Waals surface area (Å²) in [5.41, 5.74) is 0. The largest absolute Gasteiger partial charge is 0.379 e. The van der Waals surface area contributed by atoms with Gasteiger partial charge in [-0.1, -0.05) is 6.92 Å². The molecule has 2 atom stereocenters. The van der Waals surface area contributed by atoms with Crippen LogP contribution in [-0.2, 0) is 4.74 Å². The first-order valence-corrected chi connectivity index (χ1v) is 8.84. The molecule has 3 saturated heterocycles. The van der Waals surface area contributed by atoms with Crippen molar-refractivity contribution in [3.63, 3.8) is 0 Å². The molecule has 3 fully saturated rings. The Bertz CT molecular complexity index is 301. The van der Waals surface area contributed by atoms with E-state index in [0.717, 1.165) is 32.2 Å². The predicted molar refractivity (Wildman–Crippen MR) is 85.7 cm³/mol. The molecule has 3 heterocycles. The standard InChI is InChI=1S/C16H32N4O/c1-2-18-5-7-19(8-6-18)14-15-3-4-17-13-16(15)20-9-11-21-12-10-20/h15-17H,2-14H2,1H3. The molecule has 3 rings (SSSR count). The fourth-order valence-corrected chi connectivity index (χ4v) is 4.07. The summed E-state index contributed by atoms with van der Waals surface area (Å²) in [6.07, 6.45) is 1.33. The lowest BCUT2D eigenvalue weighted by Gasteiger charge is -2.44. The van der Waals surface area contributed by atoms with Gasteiger partial charge in [-0.05, 0) is 25.4 Å². The van der Waals surface area contributed by atoms with Gasteiger partial charge in [-0.25, -0.2) is 0 Å². The minimum Gasteiger partial charge on any atom is -0.379 e. The molecule has 0 aromatic rings. The number of likely N-dealkylation sites (N-methyl/N-ethyl adjacent to an activating group) is 1. The number of hydrogen-bond donors (Lipinski definition) is 1. The molecule has 5 nitrogen and oxygen atoms in total. The van der Waals surface area contributed by atoms with E-state index in [1.807, 2.05) is 0 Å². The number of nitrogens with one attached hydrogen (secondary N) is 1. The predicted octanol–water partition coefficient (Wildman–Crippen LogP) is -0.0658. The van der Waals surface area contributed by atoms with E-state index in [1.165, 1.54) is 58.8 Å². The average molecular weight is 296 g/mol. The second-order valence-electron chi connectivity index (χ2n) is 6.70. The van der Waals surface area contributed by atoms with Gasteiger partial charge in [0.25, 0.3) is 0 Å². The van der Waals surface area contributed by atoms with Crippen LogP contribution < -0.4 is 5.32 Å². The highest BCUT2D eigenvalue weighted by Gasteiger charge is 2.32. The zero-order valence-electron chi connectivity index (χ0n) is 13.6. The van der Waals surface area contributed by atoms with Crippen LogP contribution in [0.4, 0.5) is 0 Å². The van der Waals surface area contributed by atoms with Crippen molar-refractivity contribution >= 4 is 0 Å². The minimum absolute atomic E-state index is 0.715. The van der Waals surface area contributed by atoms with Gasteiger partial charge in [0, 0.05) is 58.4 Å². The van der Waals surface area contributed by atoms with E-state index >= 15 is 0 Å². The summed E-state index contributed by atoms with van der Waals surface area (Å²) in [6.45, 7) is 16.2. The molecule has 0 aromatic heterocycles. The summed E-state index contributed by atoms with van der Waals surface area (Å²) in [5.74, 6) is 0.831. The van der Waals surface area contributed by atoms with Crippen LogP contribution >= 0.6 is 0 Å². The molecule has 3 aliphatic rings. The van der Waals surface area contributed by atoms with Crippen LogP contribution in [0.3, 0.4) is 0 Å². The van der Waals surface area contributed by atoms with Gasteiger partial charge in [-0.3, -0.25) is 4.90 Å². The van der Waals surface area contributed by atoms with E-state index in [9.17, 15) is 0 Å². The van der Waals surface area contributed by atoms with Crippen molar-refractivity contribution in [1.82, 2.24) is 20.0 Å². The maximum absolute atomic E-state index is 5.52. The van der Waals surface area contributed by atoms with E-state index in [4.69, 9.17) is 4.74 Å². The summed E-state index contributed by atoms with van der Waals surface area (Å²) in [6, 6.07) is 0.715. The normalized spacial score (nSPS) is 34.1. The fraction of sp³-hybridized carbons (Fsp3) is 1.00. The van der Waals surface area contributed by atoms with Crippen LogP contribution in [0.5, 0.6) is 0 Å². The van der Waals surface area contributed by atoms with E-state index < -0.39 is 0 Å². The van der Waals surface area contributed by atoms with Gasteiger partial charge in [0.1, 0.15) is 0 Å². The fourth-order valence-electron chi connectivity index (χ4n) is 4.07. The maximum Gasteiger partial charge on any atom is 0.0594 e. The molecule has 5 heteroatoms. The Kier molecular flexibility index (Phi) is 5.89. The van der Waals surface area contributed by atoms with Gasteiger partial charge in [-0.2, -0.15) is 0 Å². The third-order valence-electron chi connectivity index (χ3n) is 5.51. The van der Waals surface area contributed by atoms with E-state index in [1.54, 1.807) is 0 Å². The number of piperazine rings is 1. The number of nitrogens with zero attached hydrogens (tertiary/aromatic N) is 3. The van der Waals surface area contributed by atoms with Crippen LogP contribution in [0.1, 0.15) is 13.3 Å². The van der Waals surface area contributed by atoms with Crippen molar-refractivity contribution < 1.29 is 4.74 Å². The zero-order valence-corrected chi connectivity index (χ0v) is 13.6. The third kappa shape index (κ3) is 4.17. The first kappa shape index (κ1) is 15.7. The molecule has 21 heavy (non-hydrogen) atoms. The minimum atomic E-state index is 0.715. The van der Waals surface area contributed by atoms with Crippen LogP contribution in [0.2, 0.25) is 0 Å². The van der Waals surface area contributed by atoms with Crippen molar-refractivity contribution in [2.75, 3.05) is 78.7 Å². The smallest absolute Gasteiger partial charge is 0.0594 e. The van der Waals surface area contributed by atoms with Crippen molar-refractivity contribution in [2.45, 2.75) is 19.4 Å². The molecule has 0 aliphatic carbocycles. The monoisotopic (exact) mass is 296 g/mol. The molecule has 0 bridgehead atoms. The molecular weight excluding hydrogens is 264 g/mol. The van der Waals surface area contributed by atoms with Crippen molar-refractivity contribution in [1.29, 1.82) is 0 Å². The number of ether oxygens (including phenoxy) is 1. The summed E-state index contributed by atoms with van der Waals surface area (Å²) >= 11 is 0. The highest BCUT2D eigenvalue weighted by molar-refractivity contribution is 4.89. The summed E-state index contributed by atoms with van der Waals surface area (Å²) in [5, 5.41) is 3.61. The third-order valence-corrected chi connectivity index (χ3v) is 5.51. The van der Waals surface area contributed by atoms with Crippen LogP contribution in [0, 0.1) is 5.92 Å². The van der Waals surface area contributed by atoms with E-state index in [-0.39, 0.29) is 0 Å². The Morgan fingerprint density at radius 1 is 1.00 bits per heavy atom. The van der Waals surface area contributed by atoms with Crippen LogP contribution in [0.15, 0.2) is 0 Å². The lowest BCUT2D eigenvalue weighted by Crippen LogP contribution is -2.57. The molecule has 0 amide bonds. The molecule has 1 N–H and O–H groups in total. The van der Waals surface area contributed by atoms with Crippen molar-refractivity contribution in [2.24, 2.45) is 5.92 Å². The Balaban J connectivity index is 1.52. The summed E-state index contributed by atoms with van der Waals surface area (Å²) in [7, 11) is 0. The molecule has 122 valence electrons. The highest BCUT2D eigenvalue weighted by atomic mass is 16.5. The van der Waals surface area contributed by atoms with Gasteiger partial charge >= 0.3 is 0 Å². The summed E-state index contributed by atoms with van der Waals surface area (Å²) < 4.78 is 5.52. The molecule has 2 unspecified atom stereocenters. The van der Waals surface area contributed by atoms with Gasteiger partial charge in [-0.15, -0.1) is 0 Å². The number of morpholine rings is 1. The van der Waals surface area contributed by atoms with E-state index in [2.05, 4.69) is 26.9 Å². The number of hydrogen-bond acceptors (Lipinski definition) is 5. The zero-order chi connectivity index (χ0) is 14.5. The van der Waals surface area contributed by atoms with Gasteiger partial charge in [0.15, 0.2) is 0 Å². The Morgan fingerprint density at radius 2 is 1.71 bits per heavy atom. The lowest BCUT2D eigenvalue weighted by atomic mass is 9.90. The van der Waals surface area contributed by atoms with Gasteiger partial charge in [0.2, 0.25) is 0 Å². The van der Waals surface area contributed by atoms with Gasteiger partial charge in [0.05, 0.1) is 13.2 Å². The SMILES string of the molecule is CCN1CCN(CC2CCNCC2N2CCOCC2)CC1. The number of rotatable bonds is 4. The maximum atomic E-state index is 5.52. The molecule has 3 aliphatic heterocycles. The first-order valence-electron chi connectivity index (χ1n) is 8.84. The topological polar surface area (TPSA) is 31.0 Å². The molecule has 0 aromatic carbocycles.